The molecule has 2 unspecified atom stereocenters. The highest BCUT2D eigenvalue weighted by molar-refractivity contribution is 5.86. The molecule has 0 saturated heterocycles. The molecule has 1 saturated carbocycles. The van der Waals surface area contributed by atoms with Crippen LogP contribution in [0.2, 0.25) is 0 Å². The van der Waals surface area contributed by atoms with Crippen molar-refractivity contribution in [2.24, 2.45) is 5.92 Å². The van der Waals surface area contributed by atoms with Gasteiger partial charge in [0.2, 0.25) is 0 Å². The predicted molar refractivity (Wildman–Crippen MR) is 111 cm³/mol. The summed E-state index contributed by atoms with van der Waals surface area (Å²) in [4.78, 5) is 12.9. The summed E-state index contributed by atoms with van der Waals surface area (Å²) < 4.78 is 11.5. The molecule has 170 valence electrons. The first-order valence-electron chi connectivity index (χ1n) is 9.84. The summed E-state index contributed by atoms with van der Waals surface area (Å²) in [5.74, 6) is -1.86. The van der Waals surface area contributed by atoms with Gasteiger partial charge in [0, 0.05) is 36.3 Å². The van der Waals surface area contributed by atoms with E-state index in [2.05, 4.69) is 0 Å². The molecule has 2 aromatic carbocycles. The zero-order valence-corrected chi connectivity index (χ0v) is 16.6. The predicted octanol–water partition coefficient (Wildman–Crippen LogP) is 0.419. The second-order valence-corrected chi connectivity index (χ2v) is 7.80. The number of rotatable bonds is 4. The van der Waals surface area contributed by atoms with Crippen LogP contribution in [0.1, 0.15) is 6.42 Å². The maximum Gasteiger partial charge on any atom is 0.197 e. The fourth-order valence-corrected chi connectivity index (χ4v) is 3.89. The van der Waals surface area contributed by atoms with Gasteiger partial charge in [-0.05, 0) is 24.6 Å². The Balaban J connectivity index is 1.76. The zero-order chi connectivity index (χ0) is 23.2. The number of ether oxygens (including phenoxy) is 1. The van der Waals surface area contributed by atoms with E-state index >= 15 is 0 Å². The van der Waals surface area contributed by atoms with Crippen LogP contribution < -0.4 is 10.2 Å². The van der Waals surface area contributed by atoms with E-state index in [0.29, 0.717) is 5.56 Å². The number of aliphatic hydroxyl groups excluding tert-OH is 4. The van der Waals surface area contributed by atoms with Gasteiger partial charge in [-0.1, -0.05) is 0 Å². The molecule has 0 bridgehead atoms. The molecule has 0 radical (unpaired) electrons. The van der Waals surface area contributed by atoms with E-state index in [-0.39, 0.29) is 40.4 Å². The van der Waals surface area contributed by atoms with Crippen molar-refractivity contribution in [3.63, 3.8) is 0 Å². The van der Waals surface area contributed by atoms with Crippen molar-refractivity contribution in [3.8, 4) is 34.3 Å². The number of benzene rings is 2. The van der Waals surface area contributed by atoms with Gasteiger partial charge in [0.15, 0.2) is 16.9 Å². The Hall–Kier alpha value is -3.31. The summed E-state index contributed by atoms with van der Waals surface area (Å²) in [5, 5.41) is 69.0. The lowest BCUT2D eigenvalue weighted by molar-refractivity contribution is -0.156. The maximum absolute atomic E-state index is 12.9. The fourth-order valence-electron chi connectivity index (χ4n) is 3.89. The summed E-state index contributed by atoms with van der Waals surface area (Å²) in [6.45, 7) is -0.448. The summed E-state index contributed by atoms with van der Waals surface area (Å²) in [7, 11) is 0. The van der Waals surface area contributed by atoms with Crippen LogP contribution in [-0.2, 0) is 0 Å². The number of aromatic hydroxyl groups is 3. The highest BCUT2D eigenvalue weighted by atomic mass is 16.5. The molecule has 5 atom stereocenters. The third-order valence-corrected chi connectivity index (χ3v) is 5.65. The Morgan fingerprint density at radius 1 is 0.938 bits per heavy atom. The first-order valence-corrected chi connectivity index (χ1v) is 9.84. The van der Waals surface area contributed by atoms with Gasteiger partial charge in [0.25, 0.3) is 0 Å². The fraction of sp³-hybridized carbons (Fsp3) is 0.318. The minimum Gasteiger partial charge on any atom is -0.508 e. The van der Waals surface area contributed by atoms with Gasteiger partial charge in [-0.15, -0.1) is 0 Å². The summed E-state index contributed by atoms with van der Waals surface area (Å²) >= 11 is 0. The largest absolute Gasteiger partial charge is 0.508 e. The third-order valence-electron chi connectivity index (χ3n) is 5.65. The first kappa shape index (κ1) is 21.9. The van der Waals surface area contributed by atoms with E-state index in [4.69, 9.17) is 9.15 Å². The minimum absolute atomic E-state index is 0.0107. The lowest BCUT2D eigenvalue weighted by Crippen LogP contribution is -2.56. The van der Waals surface area contributed by atoms with E-state index in [1.165, 1.54) is 24.3 Å². The van der Waals surface area contributed by atoms with Crippen molar-refractivity contribution in [1.82, 2.24) is 0 Å². The van der Waals surface area contributed by atoms with Crippen molar-refractivity contribution in [1.29, 1.82) is 0 Å². The topological polar surface area (TPSA) is 181 Å². The Kier molecular flexibility index (Phi) is 5.70. The lowest BCUT2D eigenvalue weighted by atomic mass is 9.81. The molecule has 1 aliphatic carbocycles. The van der Waals surface area contributed by atoms with Crippen LogP contribution in [0.25, 0.3) is 22.3 Å². The molecular weight excluding hydrogens is 424 g/mol. The Labute approximate surface area is 180 Å². The molecule has 1 fully saturated rings. The number of aliphatic hydroxyl groups is 4. The van der Waals surface area contributed by atoms with E-state index in [1.54, 1.807) is 0 Å². The summed E-state index contributed by atoms with van der Waals surface area (Å²) in [6, 6.07) is 7.36. The summed E-state index contributed by atoms with van der Waals surface area (Å²) in [6.07, 6.45) is -5.51. The van der Waals surface area contributed by atoms with Crippen LogP contribution in [0.4, 0.5) is 0 Å². The molecule has 4 rings (SSSR count). The highest BCUT2D eigenvalue weighted by Gasteiger charge is 2.43. The van der Waals surface area contributed by atoms with Gasteiger partial charge >= 0.3 is 0 Å². The molecule has 0 aliphatic heterocycles. The SMILES string of the molecule is O=c1cc(-c2ccc(O)c(O)c2)oc2cc(O)cc(O[C@@H]3CC(CO)[C@H](O)[C@H](O)C3O)c12. The van der Waals surface area contributed by atoms with Crippen LogP contribution in [0.5, 0.6) is 23.0 Å². The smallest absolute Gasteiger partial charge is 0.197 e. The average Bonchev–Trinajstić information content (AvgIpc) is 2.75. The average molecular weight is 446 g/mol. The maximum atomic E-state index is 12.9. The highest BCUT2D eigenvalue weighted by Crippen LogP contribution is 2.36. The van der Waals surface area contributed by atoms with Gasteiger partial charge in [-0.25, -0.2) is 0 Å². The molecule has 1 aromatic heterocycles. The van der Waals surface area contributed by atoms with Crippen molar-refractivity contribution in [2.75, 3.05) is 6.61 Å². The number of hydrogen-bond acceptors (Lipinski definition) is 10. The molecule has 1 heterocycles. The van der Waals surface area contributed by atoms with Crippen LogP contribution >= 0.6 is 0 Å². The normalized spacial score (nSPS) is 25.7. The lowest BCUT2D eigenvalue weighted by Gasteiger charge is -2.39. The molecule has 0 amide bonds. The van der Waals surface area contributed by atoms with Gasteiger partial charge in [-0.3, -0.25) is 4.79 Å². The monoisotopic (exact) mass is 446 g/mol. The van der Waals surface area contributed by atoms with Crippen molar-refractivity contribution < 1.29 is 44.9 Å². The van der Waals surface area contributed by atoms with Gasteiger partial charge in [0.1, 0.15) is 46.5 Å². The van der Waals surface area contributed by atoms with Gasteiger partial charge < -0.3 is 44.9 Å². The van der Waals surface area contributed by atoms with Crippen LogP contribution in [-0.4, -0.2) is 66.8 Å². The number of fused-ring (bicyclic) bond motifs is 1. The Morgan fingerprint density at radius 3 is 2.38 bits per heavy atom. The molecular formula is C22H22O10. The molecule has 32 heavy (non-hydrogen) atoms. The van der Waals surface area contributed by atoms with Crippen LogP contribution in [0.3, 0.4) is 0 Å². The van der Waals surface area contributed by atoms with Crippen LogP contribution in [0.15, 0.2) is 45.6 Å². The van der Waals surface area contributed by atoms with E-state index in [1.807, 2.05) is 0 Å². The minimum atomic E-state index is -1.57. The zero-order valence-electron chi connectivity index (χ0n) is 16.6. The van der Waals surface area contributed by atoms with E-state index in [9.17, 15) is 40.5 Å². The number of hydrogen-bond donors (Lipinski definition) is 7. The van der Waals surface area contributed by atoms with Gasteiger partial charge in [0.05, 0.1) is 6.10 Å². The van der Waals surface area contributed by atoms with Crippen LogP contribution in [0, 0.1) is 5.92 Å². The molecule has 3 aromatic rings. The Morgan fingerprint density at radius 2 is 1.69 bits per heavy atom. The van der Waals surface area contributed by atoms with E-state index < -0.39 is 48.1 Å². The Bertz CT molecular complexity index is 1200. The molecule has 10 nitrogen and oxygen atoms in total. The standard InChI is InChI=1S/C22H22O10/c23-8-10-4-18(21(29)22(30)20(10)28)32-17-6-11(24)5-16-19(17)14(27)7-15(31-16)9-1-2-12(25)13(26)3-9/h1-3,5-7,10,18,20-26,28-30H,4,8H2/t10?,18-,20+,21?,22+/m1/s1. The first-order chi connectivity index (χ1) is 15.2. The second-order valence-electron chi connectivity index (χ2n) is 7.80. The van der Waals surface area contributed by atoms with Gasteiger partial charge in [-0.2, -0.15) is 0 Å². The summed E-state index contributed by atoms with van der Waals surface area (Å²) in [5.41, 5.74) is -0.288. The van der Waals surface area contributed by atoms with Crippen molar-refractivity contribution >= 4 is 11.0 Å². The van der Waals surface area contributed by atoms with Crippen molar-refractivity contribution in [3.05, 3.63) is 46.6 Å². The van der Waals surface area contributed by atoms with E-state index in [0.717, 1.165) is 12.1 Å². The van der Waals surface area contributed by atoms with Crippen molar-refractivity contribution in [2.45, 2.75) is 30.8 Å². The molecule has 0 spiro atoms. The number of phenolic OH excluding ortho intramolecular Hbond substituents is 3. The third kappa shape index (κ3) is 3.84. The second kappa shape index (κ2) is 8.32. The quantitative estimate of drug-likeness (QED) is 0.277. The number of phenols is 3. The molecule has 7 N–H and O–H groups in total. The molecule has 1 aliphatic rings. The molecule has 10 heteroatoms.